The molecule has 4 rings (SSSR count). The summed E-state index contributed by atoms with van der Waals surface area (Å²) in [6.07, 6.45) is 0.842. The van der Waals surface area contributed by atoms with E-state index < -0.39 is 6.04 Å². The minimum absolute atomic E-state index is 0.112. The lowest BCUT2D eigenvalue weighted by Crippen LogP contribution is -2.37. The molecule has 1 saturated heterocycles. The number of nitrogens with one attached hydrogen (secondary N) is 3. The van der Waals surface area contributed by atoms with Crippen molar-refractivity contribution in [1.82, 2.24) is 15.3 Å². The Morgan fingerprint density at radius 1 is 0.964 bits per heavy atom. The lowest BCUT2D eigenvalue weighted by atomic mass is 10.2. The number of hydrogen-bond donors (Lipinski definition) is 3. The van der Waals surface area contributed by atoms with E-state index in [2.05, 4.69) is 25.9 Å². The second kappa shape index (κ2) is 7.87. The number of hydrogen-bond acceptors (Lipinski definition) is 5. The lowest BCUT2D eigenvalue weighted by molar-refractivity contribution is -0.122. The summed E-state index contributed by atoms with van der Waals surface area (Å²) in [4.78, 5) is 32.9. The third kappa shape index (κ3) is 4.15. The predicted molar refractivity (Wildman–Crippen MR) is 107 cm³/mol. The summed E-state index contributed by atoms with van der Waals surface area (Å²) >= 11 is 0. The van der Waals surface area contributed by atoms with Crippen LogP contribution in [-0.4, -0.2) is 27.8 Å². The standard InChI is InChI=1S/C21H19N5O2/c27-19-12-11-16(23-19)21(28)26-18-13-17(22-15-9-5-2-6-10-15)24-20(25-18)14-7-3-1-4-8-14/h1-10,13,16H,11-12H2,(H,23,27)(H2,22,24,25,26,28). The number of rotatable bonds is 5. The van der Waals surface area contributed by atoms with E-state index in [0.717, 1.165) is 11.3 Å². The first-order chi connectivity index (χ1) is 13.7. The first-order valence-electron chi connectivity index (χ1n) is 9.04. The molecule has 3 aromatic rings. The van der Waals surface area contributed by atoms with Crippen molar-refractivity contribution in [2.45, 2.75) is 18.9 Å². The van der Waals surface area contributed by atoms with Crippen LogP contribution in [0.3, 0.4) is 0 Å². The van der Waals surface area contributed by atoms with Crippen molar-refractivity contribution in [2.75, 3.05) is 10.6 Å². The molecule has 2 aromatic carbocycles. The molecule has 28 heavy (non-hydrogen) atoms. The fourth-order valence-corrected chi connectivity index (χ4v) is 2.99. The minimum atomic E-state index is -0.534. The highest BCUT2D eigenvalue weighted by atomic mass is 16.2. The van der Waals surface area contributed by atoms with Gasteiger partial charge in [-0.1, -0.05) is 48.5 Å². The van der Waals surface area contributed by atoms with Gasteiger partial charge in [-0.05, 0) is 18.6 Å². The molecule has 1 aliphatic heterocycles. The Bertz CT molecular complexity index is 992. The second-order valence-electron chi connectivity index (χ2n) is 6.47. The highest BCUT2D eigenvalue weighted by Crippen LogP contribution is 2.23. The summed E-state index contributed by atoms with van der Waals surface area (Å²) in [7, 11) is 0. The van der Waals surface area contributed by atoms with Crippen LogP contribution < -0.4 is 16.0 Å². The molecule has 1 aliphatic rings. The third-order valence-corrected chi connectivity index (χ3v) is 4.37. The smallest absolute Gasteiger partial charge is 0.248 e. The number of amides is 2. The van der Waals surface area contributed by atoms with Gasteiger partial charge in [0.25, 0.3) is 0 Å². The normalized spacial score (nSPS) is 15.7. The van der Waals surface area contributed by atoms with Crippen LogP contribution in [-0.2, 0) is 9.59 Å². The van der Waals surface area contributed by atoms with Gasteiger partial charge in [0.05, 0.1) is 0 Å². The number of nitrogens with zero attached hydrogens (tertiary/aromatic N) is 2. The van der Waals surface area contributed by atoms with Crippen LogP contribution in [0, 0.1) is 0 Å². The number of aromatic nitrogens is 2. The van der Waals surface area contributed by atoms with Crippen LogP contribution >= 0.6 is 0 Å². The van der Waals surface area contributed by atoms with E-state index in [1.165, 1.54) is 0 Å². The summed E-state index contributed by atoms with van der Waals surface area (Å²) in [6, 6.07) is 20.3. The Kier molecular flexibility index (Phi) is 4.97. The molecule has 2 heterocycles. The lowest BCUT2D eigenvalue weighted by Gasteiger charge is -2.13. The van der Waals surface area contributed by atoms with Crippen molar-refractivity contribution >= 4 is 29.1 Å². The Hall–Kier alpha value is -3.74. The molecule has 2 amide bonds. The molecule has 140 valence electrons. The third-order valence-electron chi connectivity index (χ3n) is 4.37. The van der Waals surface area contributed by atoms with E-state index in [-0.39, 0.29) is 11.8 Å². The number of para-hydroxylation sites is 1. The maximum atomic E-state index is 12.5. The summed E-state index contributed by atoms with van der Waals surface area (Å²) in [5.74, 6) is 1.03. The highest BCUT2D eigenvalue weighted by molar-refractivity contribution is 5.98. The van der Waals surface area contributed by atoms with Gasteiger partial charge in [-0.25, -0.2) is 9.97 Å². The molecular formula is C21H19N5O2. The fraction of sp³-hybridized carbons (Fsp3) is 0.143. The largest absolute Gasteiger partial charge is 0.344 e. The second-order valence-corrected chi connectivity index (χ2v) is 6.47. The summed E-state index contributed by atoms with van der Waals surface area (Å²) in [5, 5.41) is 8.69. The maximum Gasteiger partial charge on any atom is 0.248 e. The molecular weight excluding hydrogens is 354 g/mol. The zero-order valence-electron chi connectivity index (χ0n) is 15.1. The number of carbonyl (C=O) groups excluding carboxylic acids is 2. The van der Waals surface area contributed by atoms with Gasteiger partial charge in [0.15, 0.2) is 5.82 Å². The minimum Gasteiger partial charge on any atom is -0.344 e. The van der Waals surface area contributed by atoms with Crippen LogP contribution in [0.2, 0.25) is 0 Å². The Labute approximate surface area is 162 Å². The van der Waals surface area contributed by atoms with Gasteiger partial charge < -0.3 is 16.0 Å². The molecule has 0 bridgehead atoms. The SMILES string of the molecule is O=C1CCC(C(=O)Nc2cc(Nc3ccccc3)nc(-c3ccccc3)n2)N1. The van der Waals surface area contributed by atoms with Crippen molar-refractivity contribution in [3.8, 4) is 11.4 Å². The van der Waals surface area contributed by atoms with E-state index in [4.69, 9.17) is 0 Å². The fourth-order valence-electron chi connectivity index (χ4n) is 2.99. The summed E-state index contributed by atoms with van der Waals surface area (Å²) in [5.41, 5.74) is 1.71. The number of anilines is 3. The zero-order valence-corrected chi connectivity index (χ0v) is 15.1. The van der Waals surface area contributed by atoms with Crippen molar-refractivity contribution in [2.24, 2.45) is 0 Å². The average molecular weight is 373 g/mol. The highest BCUT2D eigenvalue weighted by Gasteiger charge is 2.27. The van der Waals surface area contributed by atoms with E-state index in [0.29, 0.717) is 30.3 Å². The molecule has 7 heteroatoms. The topological polar surface area (TPSA) is 96.0 Å². The molecule has 1 unspecified atom stereocenters. The molecule has 0 aliphatic carbocycles. The Morgan fingerprint density at radius 2 is 1.64 bits per heavy atom. The van der Waals surface area contributed by atoms with Crippen LogP contribution in [0.1, 0.15) is 12.8 Å². The van der Waals surface area contributed by atoms with Gasteiger partial charge >= 0.3 is 0 Å². The number of carbonyl (C=O) groups is 2. The molecule has 0 radical (unpaired) electrons. The molecule has 1 atom stereocenters. The van der Waals surface area contributed by atoms with Crippen LogP contribution in [0.15, 0.2) is 66.7 Å². The average Bonchev–Trinajstić information content (AvgIpc) is 3.16. The maximum absolute atomic E-state index is 12.5. The molecule has 1 fully saturated rings. The van der Waals surface area contributed by atoms with Gasteiger partial charge in [0, 0.05) is 23.7 Å². The predicted octanol–water partition coefficient (Wildman–Crippen LogP) is 3.10. The van der Waals surface area contributed by atoms with Crippen LogP contribution in [0.5, 0.6) is 0 Å². The van der Waals surface area contributed by atoms with Crippen molar-refractivity contribution < 1.29 is 9.59 Å². The monoisotopic (exact) mass is 373 g/mol. The van der Waals surface area contributed by atoms with Gasteiger partial charge in [-0.15, -0.1) is 0 Å². The summed E-state index contributed by atoms with van der Waals surface area (Å²) in [6.45, 7) is 0. The Morgan fingerprint density at radius 3 is 2.32 bits per heavy atom. The molecule has 1 aromatic heterocycles. The van der Waals surface area contributed by atoms with E-state index in [9.17, 15) is 9.59 Å². The zero-order chi connectivity index (χ0) is 19.3. The van der Waals surface area contributed by atoms with Gasteiger partial charge in [0.2, 0.25) is 11.8 Å². The van der Waals surface area contributed by atoms with Crippen molar-refractivity contribution in [1.29, 1.82) is 0 Å². The van der Waals surface area contributed by atoms with Crippen molar-refractivity contribution in [3.05, 3.63) is 66.7 Å². The molecule has 7 nitrogen and oxygen atoms in total. The van der Waals surface area contributed by atoms with Gasteiger partial charge in [-0.3, -0.25) is 9.59 Å². The van der Waals surface area contributed by atoms with E-state index in [1.807, 2.05) is 60.7 Å². The molecule has 0 spiro atoms. The quantitative estimate of drug-likeness (QED) is 0.639. The first kappa shape index (κ1) is 17.7. The first-order valence-corrected chi connectivity index (χ1v) is 9.04. The molecule has 3 N–H and O–H groups in total. The van der Waals surface area contributed by atoms with E-state index in [1.54, 1.807) is 6.07 Å². The van der Waals surface area contributed by atoms with Crippen molar-refractivity contribution in [3.63, 3.8) is 0 Å². The van der Waals surface area contributed by atoms with Gasteiger partial charge in [-0.2, -0.15) is 0 Å². The Balaban J connectivity index is 1.63. The van der Waals surface area contributed by atoms with Crippen LogP contribution in [0.25, 0.3) is 11.4 Å². The molecule has 0 saturated carbocycles. The van der Waals surface area contributed by atoms with Gasteiger partial charge in [0.1, 0.15) is 17.7 Å². The van der Waals surface area contributed by atoms with Crippen LogP contribution in [0.4, 0.5) is 17.3 Å². The van der Waals surface area contributed by atoms with E-state index >= 15 is 0 Å². The number of benzene rings is 2. The summed E-state index contributed by atoms with van der Waals surface area (Å²) < 4.78 is 0.